The number of hydrogen-bond donors (Lipinski definition) is 0. The largest absolute Gasteiger partial charge is 0.497 e. The maximum atomic E-state index is 13.4. The lowest BCUT2D eigenvalue weighted by atomic mass is 10.2. The number of rotatable bonds is 7. The molecule has 0 fully saturated rings. The lowest BCUT2D eigenvalue weighted by molar-refractivity contribution is -0.119. The van der Waals surface area contributed by atoms with E-state index in [1.165, 1.54) is 31.4 Å². The van der Waals surface area contributed by atoms with Crippen LogP contribution in [0.3, 0.4) is 0 Å². The van der Waals surface area contributed by atoms with Gasteiger partial charge in [0.25, 0.3) is 15.9 Å². The Hall–Kier alpha value is -2.36. The molecule has 0 radical (unpaired) electrons. The molecule has 0 heterocycles. The van der Waals surface area contributed by atoms with E-state index in [4.69, 9.17) is 9.47 Å². The third-order valence-electron chi connectivity index (χ3n) is 4.34. The van der Waals surface area contributed by atoms with Crippen LogP contribution in [0.25, 0.3) is 0 Å². The average molecular weight is 569 g/mol. The zero-order chi connectivity index (χ0) is 22.6. The van der Waals surface area contributed by atoms with Crippen molar-refractivity contribution in [1.29, 1.82) is 0 Å². The smallest absolute Gasteiger partial charge is 0.278 e. The molecule has 0 saturated heterocycles. The first-order valence-electron chi connectivity index (χ1n) is 9.09. The van der Waals surface area contributed by atoms with Crippen molar-refractivity contribution in [2.75, 3.05) is 18.0 Å². The molecule has 0 aliphatic rings. The minimum atomic E-state index is -4.17. The predicted molar refractivity (Wildman–Crippen MR) is 126 cm³/mol. The van der Waals surface area contributed by atoms with Crippen LogP contribution in [-0.4, -0.2) is 28.0 Å². The van der Waals surface area contributed by atoms with Crippen molar-refractivity contribution in [2.45, 2.75) is 11.8 Å². The van der Waals surface area contributed by atoms with Crippen molar-refractivity contribution in [3.8, 4) is 11.5 Å². The highest BCUT2D eigenvalue weighted by Crippen LogP contribution is 2.30. The van der Waals surface area contributed by atoms with Gasteiger partial charge in [-0.15, -0.1) is 0 Å². The first kappa shape index (κ1) is 23.3. The van der Waals surface area contributed by atoms with E-state index in [9.17, 15) is 13.2 Å². The standard InChI is InChI=1S/C22H19Br2NO5S/c1-15-3-10-19(11-4-15)31(27,28)25(17-6-8-18(29-2)9-7-17)22(26)14-30-21-12-5-16(23)13-20(21)24/h3-13H,14H2,1-2H3. The second kappa shape index (κ2) is 9.84. The van der Waals surface area contributed by atoms with E-state index in [1.807, 2.05) is 6.92 Å². The molecular formula is C22H19Br2NO5S. The molecule has 0 saturated carbocycles. The summed E-state index contributed by atoms with van der Waals surface area (Å²) in [5, 5.41) is 0. The third kappa shape index (κ3) is 5.47. The minimum Gasteiger partial charge on any atom is -0.497 e. The number of sulfonamides is 1. The monoisotopic (exact) mass is 567 g/mol. The van der Waals surface area contributed by atoms with Gasteiger partial charge < -0.3 is 9.47 Å². The molecule has 0 unspecified atom stereocenters. The SMILES string of the molecule is COc1ccc(N(C(=O)COc2ccc(Br)cc2Br)S(=O)(=O)c2ccc(C)cc2)cc1. The van der Waals surface area contributed by atoms with E-state index in [0.717, 1.165) is 14.3 Å². The molecule has 0 aliphatic heterocycles. The highest BCUT2D eigenvalue weighted by Gasteiger charge is 2.31. The maximum absolute atomic E-state index is 13.4. The molecule has 0 aliphatic carbocycles. The fraction of sp³-hybridized carbons (Fsp3) is 0.136. The summed E-state index contributed by atoms with van der Waals surface area (Å²) in [6.45, 7) is 1.38. The van der Waals surface area contributed by atoms with Crippen LogP contribution in [0.4, 0.5) is 5.69 Å². The van der Waals surface area contributed by atoms with E-state index in [-0.39, 0.29) is 10.6 Å². The summed E-state index contributed by atoms with van der Waals surface area (Å²) < 4.78 is 39.7. The summed E-state index contributed by atoms with van der Waals surface area (Å²) in [4.78, 5) is 13.1. The minimum absolute atomic E-state index is 0.00657. The van der Waals surface area contributed by atoms with Crippen LogP contribution in [0.5, 0.6) is 11.5 Å². The third-order valence-corrected chi connectivity index (χ3v) is 7.21. The highest BCUT2D eigenvalue weighted by atomic mass is 79.9. The summed E-state index contributed by atoms with van der Waals surface area (Å²) in [6.07, 6.45) is 0. The number of methoxy groups -OCH3 is 1. The van der Waals surface area contributed by atoms with Crippen LogP contribution >= 0.6 is 31.9 Å². The highest BCUT2D eigenvalue weighted by molar-refractivity contribution is 9.11. The summed E-state index contributed by atoms with van der Waals surface area (Å²) in [6, 6.07) is 17.7. The molecule has 3 aromatic rings. The molecule has 3 rings (SSSR count). The van der Waals surface area contributed by atoms with Gasteiger partial charge in [0.15, 0.2) is 6.61 Å². The number of anilines is 1. The van der Waals surface area contributed by atoms with Gasteiger partial charge in [-0.3, -0.25) is 4.79 Å². The Bertz CT molecular complexity index is 1180. The van der Waals surface area contributed by atoms with Crippen LogP contribution < -0.4 is 13.8 Å². The molecule has 0 bridgehead atoms. The van der Waals surface area contributed by atoms with Crippen LogP contribution in [-0.2, 0) is 14.8 Å². The number of aryl methyl sites for hydroxylation is 1. The van der Waals surface area contributed by atoms with E-state index in [2.05, 4.69) is 31.9 Å². The molecule has 31 heavy (non-hydrogen) atoms. The summed E-state index contributed by atoms with van der Waals surface area (Å²) in [5.41, 5.74) is 1.09. The second-order valence-electron chi connectivity index (χ2n) is 6.54. The number of carbonyl (C=O) groups excluding carboxylic acids is 1. The fourth-order valence-electron chi connectivity index (χ4n) is 2.74. The first-order valence-corrected chi connectivity index (χ1v) is 12.1. The number of ether oxygens (including phenoxy) is 2. The van der Waals surface area contributed by atoms with Crippen molar-refractivity contribution < 1.29 is 22.7 Å². The van der Waals surface area contributed by atoms with Gasteiger partial charge >= 0.3 is 0 Å². The average Bonchev–Trinajstić information content (AvgIpc) is 2.74. The van der Waals surface area contributed by atoms with Gasteiger partial charge in [0.1, 0.15) is 11.5 Å². The molecular weight excluding hydrogens is 550 g/mol. The number of benzene rings is 3. The van der Waals surface area contributed by atoms with Crippen molar-refractivity contribution in [3.05, 3.63) is 81.2 Å². The summed E-state index contributed by atoms with van der Waals surface area (Å²) in [5.74, 6) is 0.221. The van der Waals surface area contributed by atoms with E-state index in [0.29, 0.717) is 16.0 Å². The zero-order valence-electron chi connectivity index (χ0n) is 16.7. The fourth-order valence-corrected chi connectivity index (χ4v) is 5.31. The van der Waals surface area contributed by atoms with Gasteiger partial charge in [-0.05, 0) is 77.5 Å². The lowest BCUT2D eigenvalue weighted by Crippen LogP contribution is -2.40. The molecule has 162 valence electrons. The zero-order valence-corrected chi connectivity index (χ0v) is 20.7. The second-order valence-corrected chi connectivity index (χ2v) is 10.1. The predicted octanol–water partition coefficient (Wildman–Crippen LogP) is 5.33. The Morgan fingerprint density at radius 1 is 0.968 bits per heavy atom. The van der Waals surface area contributed by atoms with Gasteiger partial charge in [-0.2, -0.15) is 4.31 Å². The molecule has 0 atom stereocenters. The van der Waals surface area contributed by atoms with Crippen molar-refractivity contribution in [3.63, 3.8) is 0 Å². The van der Waals surface area contributed by atoms with Gasteiger partial charge in [0, 0.05) is 4.47 Å². The van der Waals surface area contributed by atoms with Crippen molar-refractivity contribution in [1.82, 2.24) is 0 Å². The van der Waals surface area contributed by atoms with E-state index in [1.54, 1.807) is 42.5 Å². The molecule has 9 heteroatoms. The van der Waals surface area contributed by atoms with Gasteiger partial charge in [-0.25, -0.2) is 8.42 Å². The maximum Gasteiger partial charge on any atom is 0.278 e. The molecule has 3 aromatic carbocycles. The van der Waals surface area contributed by atoms with Crippen LogP contribution in [0.15, 0.2) is 80.6 Å². The van der Waals surface area contributed by atoms with Crippen LogP contribution in [0.2, 0.25) is 0 Å². The topological polar surface area (TPSA) is 72.9 Å². The quantitative estimate of drug-likeness (QED) is 0.385. The van der Waals surface area contributed by atoms with Gasteiger partial charge in [0.2, 0.25) is 0 Å². The Morgan fingerprint density at radius 3 is 2.19 bits per heavy atom. The Labute approximate surface area is 198 Å². The first-order chi connectivity index (χ1) is 14.7. The summed E-state index contributed by atoms with van der Waals surface area (Å²) >= 11 is 6.71. The molecule has 0 aromatic heterocycles. The van der Waals surface area contributed by atoms with Gasteiger partial charge in [-0.1, -0.05) is 33.6 Å². The summed E-state index contributed by atoms with van der Waals surface area (Å²) in [7, 11) is -2.66. The number of hydrogen-bond acceptors (Lipinski definition) is 5. The van der Waals surface area contributed by atoms with Crippen LogP contribution in [0, 0.1) is 6.92 Å². The number of halogens is 2. The Balaban J connectivity index is 1.96. The number of carbonyl (C=O) groups is 1. The van der Waals surface area contributed by atoms with E-state index >= 15 is 0 Å². The Morgan fingerprint density at radius 2 is 1.61 bits per heavy atom. The number of amides is 1. The number of nitrogens with zero attached hydrogens (tertiary/aromatic N) is 1. The normalized spacial score (nSPS) is 11.1. The van der Waals surface area contributed by atoms with Gasteiger partial charge in [0.05, 0.1) is 22.2 Å². The lowest BCUT2D eigenvalue weighted by Gasteiger charge is -2.23. The van der Waals surface area contributed by atoms with Crippen molar-refractivity contribution in [2.24, 2.45) is 0 Å². The molecule has 6 nitrogen and oxygen atoms in total. The Kier molecular flexibility index (Phi) is 7.40. The molecule has 0 N–H and O–H groups in total. The molecule has 0 spiro atoms. The van der Waals surface area contributed by atoms with Crippen LogP contribution in [0.1, 0.15) is 5.56 Å². The van der Waals surface area contributed by atoms with Crippen molar-refractivity contribution >= 4 is 53.5 Å². The van der Waals surface area contributed by atoms with E-state index < -0.39 is 22.5 Å². The molecule has 1 amide bonds.